The molecule has 1 atom stereocenters. The molecule has 0 saturated heterocycles. The first-order chi connectivity index (χ1) is 19.0. The van der Waals surface area contributed by atoms with Crippen LogP contribution in [-0.4, -0.2) is 32.5 Å². The Labute approximate surface area is 236 Å². The molecule has 0 bridgehead atoms. The van der Waals surface area contributed by atoms with Crippen LogP contribution in [0.4, 0.5) is 5.69 Å². The van der Waals surface area contributed by atoms with E-state index in [0.717, 1.165) is 42.3 Å². The minimum atomic E-state index is -3.57. The van der Waals surface area contributed by atoms with Crippen molar-refractivity contribution in [2.45, 2.75) is 42.0 Å². The van der Waals surface area contributed by atoms with Crippen LogP contribution in [0.2, 0.25) is 0 Å². The Balaban J connectivity index is 1.35. The number of hydrogen-bond donors (Lipinski definition) is 1. The normalized spacial score (nSPS) is 17.4. The van der Waals surface area contributed by atoms with Gasteiger partial charge in [0.15, 0.2) is 0 Å². The number of para-hydroxylation sites is 1. The van der Waals surface area contributed by atoms with Crippen LogP contribution >= 0.6 is 19.3 Å². The van der Waals surface area contributed by atoms with Crippen LogP contribution in [0.1, 0.15) is 36.8 Å². The maximum Gasteiger partial charge on any atom is 0.240 e. The molecule has 0 spiro atoms. The van der Waals surface area contributed by atoms with E-state index in [0.29, 0.717) is 17.9 Å². The SMILES string of the molecule is C[PH]1=C(/C=C2\C=CN(Cc3ccccc3)c3ccccc32)Sc2ccc(S(=O)(=O)NCCCCCC=O)cc21. The largest absolute Gasteiger partial charge is 0.343 e. The molecule has 5 rings (SSSR count). The first-order valence-corrected chi connectivity index (χ1v) is 17.5. The summed E-state index contributed by atoms with van der Waals surface area (Å²) in [4.78, 5) is 14.2. The zero-order valence-electron chi connectivity index (χ0n) is 22.0. The predicted molar refractivity (Wildman–Crippen MR) is 167 cm³/mol. The average molecular weight is 577 g/mol. The molecule has 2 heterocycles. The van der Waals surface area contributed by atoms with Crippen LogP contribution in [0, 0.1) is 0 Å². The summed E-state index contributed by atoms with van der Waals surface area (Å²) in [6.45, 7) is 3.44. The molecule has 8 heteroatoms. The molecule has 39 heavy (non-hydrogen) atoms. The Morgan fingerprint density at radius 2 is 1.77 bits per heavy atom. The third-order valence-electron chi connectivity index (χ3n) is 6.99. The van der Waals surface area contributed by atoms with Gasteiger partial charge in [0.1, 0.15) is 6.29 Å². The van der Waals surface area contributed by atoms with E-state index in [2.05, 4.69) is 83.2 Å². The highest BCUT2D eigenvalue weighted by Gasteiger charge is 2.23. The highest BCUT2D eigenvalue weighted by Crippen LogP contribution is 2.43. The van der Waals surface area contributed by atoms with E-state index < -0.39 is 17.6 Å². The second kappa shape index (κ2) is 12.6. The van der Waals surface area contributed by atoms with Crippen LogP contribution in [-0.2, 0) is 21.4 Å². The molecule has 5 nitrogen and oxygen atoms in total. The average Bonchev–Trinajstić information content (AvgIpc) is 3.26. The maximum absolute atomic E-state index is 12.9. The molecule has 2 aliphatic heterocycles. The maximum atomic E-state index is 12.9. The molecule has 0 radical (unpaired) electrons. The van der Waals surface area contributed by atoms with E-state index >= 15 is 0 Å². The number of benzene rings is 3. The minimum absolute atomic E-state index is 0.326. The minimum Gasteiger partial charge on any atom is -0.343 e. The molecule has 2 aliphatic rings. The molecule has 0 saturated carbocycles. The zero-order chi connectivity index (χ0) is 27.2. The lowest BCUT2D eigenvalue weighted by atomic mass is 9.99. The molecule has 202 valence electrons. The summed E-state index contributed by atoms with van der Waals surface area (Å²) >= 11 is 1.76. The number of nitrogens with one attached hydrogen (secondary N) is 1. The fraction of sp³-hybridized carbons (Fsp3) is 0.226. The Morgan fingerprint density at radius 3 is 2.59 bits per heavy atom. The van der Waals surface area contributed by atoms with Crippen LogP contribution in [0.5, 0.6) is 0 Å². The first-order valence-electron chi connectivity index (χ1n) is 13.2. The van der Waals surface area contributed by atoms with Crippen LogP contribution < -0.4 is 14.9 Å². The third kappa shape index (κ3) is 6.50. The van der Waals surface area contributed by atoms with Crippen molar-refractivity contribution < 1.29 is 13.2 Å². The van der Waals surface area contributed by atoms with Crippen LogP contribution in [0.25, 0.3) is 5.57 Å². The van der Waals surface area contributed by atoms with Crippen molar-refractivity contribution >= 4 is 56.8 Å². The van der Waals surface area contributed by atoms with Gasteiger partial charge in [0.25, 0.3) is 0 Å². The molecule has 3 aromatic carbocycles. The van der Waals surface area contributed by atoms with Gasteiger partial charge in [-0.25, -0.2) is 13.1 Å². The molecule has 0 aliphatic carbocycles. The lowest BCUT2D eigenvalue weighted by Crippen LogP contribution is -2.25. The number of allylic oxidation sites excluding steroid dienone is 2. The molecule has 0 amide bonds. The van der Waals surface area contributed by atoms with E-state index in [9.17, 15) is 13.2 Å². The number of carbonyl (C=O) groups excluding carboxylic acids is 1. The monoisotopic (exact) mass is 576 g/mol. The predicted octanol–water partition coefficient (Wildman–Crippen LogP) is 6.05. The summed E-state index contributed by atoms with van der Waals surface area (Å²) in [5.74, 6) is 0. The topological polar surface area (TPSA) is 66.5 Å². The summed E-state index contributed by atoms with van der Waals surface area (Å²) < 4.78 is 29.9. The van der Waals surface area contributed by atoms with Crippen molar-refractivity contribution in [2.24, 2.45) is 0 Å². The van der Waals surface area contributed by atoms with Crippen molar-refractivity contribution in [3.63, 3.8) is 0 Å². The lowest BCUT2D eigenvalue weighted by Gasteiger charge is -2.28. The number of hydrogen-bond acceptors (Lipinski definition) is 5. The second-order valence-corrected chi connectivity index (χ2v) is 15.2. The van der Waals surface area contributed by atoms with Crippen LogP contribution in [0.15, 0.2) is 101 Å². The first kappa shape index (κ1) is 27.7. The van der Waals surface area contributed by atoms with Crippen molar-refractivity contribution in [3.05, 3.63) is 102 Å². The Hall–Kier alpha value is -2.83. The Kier molecular flexibility index (Phi) is 8.93. The van der Waals surface area contributed by atoms with Crippen molar-refractivity contribution in [3.8, 4) is 0 Å². The number of sulfonamides is 1. The molecular weight excluding hydrogens is 543 g/mol. The zero-order valence-corrected chi connectivity index (χ0v) is 24.6. The standard InChI is InChI=1S/C31H33N2O3PS2/c1-37-29-22-26(39(35,36)32-18-9-2-3-10-20-34)15-16-30(29)38-31(37)21-25-17-19-33(23-24-11-5-4-6-12-24)28-14-8-7-13-27(25)28/h4-8,11-17,19-22,32,37H,2-3,9-10,18,23H2,1H3/b25-21+. The number of aldehydes is 1. The molecule has 1 N–H and O–H groups in total. The Morgan fingerprint density at radius 1 is 0.974 bits per heavy atom. The number of carbonyl (C=O) groups is 1. The molecular formula is C31H33N2O3PS2. The van der Waals surface area contributed by atoms with Gasteiger partial charge < -0.3 is 9.69 Å². The third-order valence-corrected chi connectivity index (χ3v) is 12.9. The van der Waals surface area contributed by atoms with Gasteiger partial charge in [-0.1, -0.05) is 74.3 Å². The molecule has 3 aromatic rings. The van der Waals surface area contributed by atoms with Crippen molar-refractivity contribution in [2.75, 3.05) is 18.1 Å². The van der Waals surface area contributed by atoms with Crippen molar-refractivity contribution in [1.29, 1.82) is 0 Å². The summed E-state index contributed by atoms with van der Waals surface area (Å²) in [6.07, 6.45) is 10.4. The number of rotatable bonds is 11. The molecule has 0 aromatic heterocycles. The van der Waals surface area contributed by atoms with E-state index in [4.69, 9.17) is 0 Å². The fourth-order valence-corrected chi connectivity index (χ4v) is 10.1. The number of unbranched alkanes of at least 4 members (excludes halogenated alkanes) is 3. The highest BCUT2D eigenvalue weighted by molar-refractivity contribution is 8.23. The summed E-state index contributed by atoms with van der Waals surface area (Å²) in [5.41, 5.74) is 4.83. The van der Waals surface area contributed by atoms with Gasteiger partial charge in [-0.2, -0.15) is 0 Å². The summed E-state index contributed by atoms with van der Waals surface area (Å²) in [7, 11) is -4.67. The van der Waals surface area contributed by atoms with Gasteiger partial charge in [-0.05, 0) is 72.4 Å². The summed E-state index contributed by atoms with van der Waals surface area (Å²) in [5, 5.41) is 1.14. The number of nitrogens with zero attached hydrogens (tertiary/aromatic N) is 1. The molecule has 1 unspecified atom stereocenters. The fourth-order valence-electron chi connectivity index (χ4n) is 4.84. The lowest BCUT2D eigenvalue weighted by molar-refractivity contribution is -0.107. The van der Waals surface area contributed by atoms with Gasteiger partial charge in [-0.3, -0.25) is 0 Å². The number of thioether (sulfide) groups is 1. The van der Waals surface area contributed by atoms with E-state index in [1.165, 1.54) is 27.0 Å². The summed E-state index contributed by atoms with van der Waals surface area (Å²) in [6, 6.07) is 24.5. The number of fused-ring (bicyclic) bond motifs is 2. The smallest absolute Gasteiger partial charge is 0.240 e. The quantitative estimate of drug-likeness (QED) is 0.171. The van der Waals surface area contributed by atoms with Gasteiger partial charge >= 0.3 is 0 Å². The van der Waals surface area contributed by atoms with Crippen molar-refractivity contribution in [1.82, 2.24) is 4.72 Å². The highest BCUT2D eigenvalue weighted by atomic mass is 32.2. The van der Waals surface area contributed by atoms with Gasteiger partial charge in [0.2, 0.25) is 10.0 Å². The van der Waals surface area contributed by atoms with Crippen LogP contribution in [0.3, 0.4) is 0 Å². The second-order valence-electron chi connectivity index (χ2n) is 9.71. The van der Waals surface area contributed by atoms with E-state index in [1.807, 2.05) is 18.2 Å². The van der Waals surface area contributed by atoms with E-state index in [1.54, 1.807) is 17.8 Å². The number of anilines is 1. The van der Waals surface area contributed by atoms with Gasteiger partial charge in [-0.15, -0.1) is 0 Å². The van der Waals surface area contributed by atoms with Gasteiger partial charge in [0.05, 0.1) is 4.90 Å². The Bertz CT molecular complexity index is 1560. The molecule has 0 fully saturated rings. The van der Waals surface area contributed by atoms with Gasteiger partial charge in [0, 0.05) is 46.5 Å². The van der Waals surface area contributed by atoms with E-state index in [-0.39, 0.29) is 0 Å².